The van der Waals surface area contributed by atoms with Gasteiger partial charge in [0.1, 0.15) is 5.82 Å². The minimum atomic E-state index is -3.60. The van der Waals surface area contributed by atoms with Gasteiger partial charge in [0.05, 0.1) is 4.90 Å². The maximum Gasteiger partial charge on any atom is 0.225 e. The summed E-state index contributed by atoms with van der Waals surface area (Å²) in [6.07, 6.45) is 8.25. The first-order chi connectivity index (χ1) is 11.7. The summed E-state index contributed by atoms with van der Waals surface area (Å²) in [5, 5.41) is 11.0. The van der Waals surface area contributed by atoms with Crippen molar-refractivity contribution in [2.75, 3.05) is 11.9 Å². The molecule has 126 valence electrons. The summed E-state index contributed by atoms with van der Waals surface area (Å²) < 4.78 is 24.9. The molecule has 6 heteroatoms. The highest BCUT2D eigenvalue weighted by Gasteiger charge is 2.19. The second-order valence-corrected chi connectivity index (χ2v) is 7.75. The number of nitrogens with one attached hydrogen (secondary N) is 1. The van der Waals surface area contributed by atoms with E-state index >= 15 is 0 Å². The van der Waals surface area contributed by atoms with Crippen LogP contribution in [0.15, 0.2) is 64.0 Å². The summed E-state index contributed by atoms with van der Waals surface area (Å²) in [7, 11) is -3.60. The van der Waals surface area contributed by atoms with Gasteiger partial charge in [0, 0.05) is 6.54 Å². The lowest BCUT2D eigenvalue weighted by molar-refractivity contribution is 0.590. The van der Waals surface area contributed by atoms with Gasteiger partial charge < -0.3 is 5.32 Å². The maximum atomic E-state index is 12.4. The molecule has 0 spiro atoms. The molecule has 0 radical (unpaired) electrons. The number of anilines is 1. The van der Waals surface area contributed by atoms with Crippen LogP contribution in [0.4, 0.5) is 5.82 Å². The second-order valence-electron chi connectivity index (χ2n) is 5.86. The average molecular weight is 343 g/mol. The zero-order valence-corrected chi connectivity index (χ0v) is 14.3. The molecule has 24 heavy (non-hydrogen) atoms. The normalized spacial score (nSPS) is 14.9. The van der Waals surface area contributed by atoms with Crippen LogP contribution in [0.25, 0.3) is 0 Å². The van der Waals surface area contributed by atoms with Gasteiger partial charge in [-0.05, 0) is 56.4 Å². The van der Waals surface area contributed by atoms with Gasteiger partial charge in [-0.1, -0.05) is 29.8 Å². The molecule has 3 rings (SSSR count). The summed E-state index contributed by atoms with van der Waals surface area (Å²) in [6.45, 7) is 0.783. The van der Waals surface area contributed by atoms with E-state index in [1.54, 1.807) is 36.4 Å². The van der Waals surface area contributed by atoms with Crippen molar-refractivity contribution < 1.29 is 8.42 Å². The highest BCUT2D eigenvalue weighted by Crippen LogP contribution is 2.21. The van der Waals surface area contributed by atoms with Gasteiger partial charge in [-0.15, -0.1) is 10.2 Å². The highest BCUT2D eigenvalue weighted by atomic mass is 32.2. The van der Waals surface area contributed by atoms with Crippen LogP contribution >= 0.6 is 0 Å². The standard InChI is InChI=1S/C18H21N3O2S/c22-24(23,16-9-5-2-6-10-16)18-12-11-17(20-21-18)19-14-13-15-7-3-1-4-8-15/h2,5-7,9-12H,1,3-4,8,13-14H2,(H,19,20). The molecule has 1 heterocycles. The quantitative estimate of drug-likeness (QED) is 0.811. The Morgan fingerprint density at radius 1 is 1.00 bits per heavy atom. The average Bonchev–Trinajstić information content (AvgIpc) is 2.64. The molecule has 0 saturated heterocycles. The van der Waals surface area contributed by atoms with Crippen molar-refractivity contribution >= 4 is 15.7 Å². The summed E-state index contributed by atoms with van der Waals surface area (Å²) >= 11 is 0. The van der Waals surface area contributed by atoms with Crippen molar-refractivity contribution in [3.63, 3.8) is 0 Å². The Kier molecular flexibility index (Phi) is 5.25. The molecule has 0 saturated carbocycles. The molecule has 0 aliphatic heterocycles. The number of aromatic nitrogens is 2. The monoisotopic (exact) mass is 343 g/mol. The van der Waals surface area contributed by atoms with E-state index < -0.39 is 9.84 Å². The van der Waals surface area contributed by atoms with E-state index in [1.165, 1.54) is 37.3 Å². The predicted octanol–water partition coefficient (Wildman–Crippen LogP) is 3.61. The lowest BCUT2D eigenvalue weighted by Gasteiger charge is -2.13. The van der Waals surface area contributed by atoms with Gasteiger partial charge in [0.15, 0.2) is 5.03 Å². The van der Waals surface area contributed by atoms with Gasteiger partial charge in [-0.2, -0.15) is 0 Å². The minimum Gasteiger partial charge on any atom is -0.368 e. The molecular formula is C18H21N3O2S. The Morgan fingerprint density at radius 2 is 1.83 bits per heavy atom. The Hall–Kier alpha value is -2.21. The number of hydrogen-bond donors (Lipinski definition) is 1. The van der Waals surface area contributed by atoms with Crippen LogP contribution in [-0.2, 0) is 9.84 Å². The zero-order chi connectivity index (χ0) is 16.8. The van der Waals surface area contributed by atoms with Crippen LogP contribution in [0, 0.1) is 0 Å². The Morgan fingerprint density at radius 3 is 2.50 bits per heavy atom. The molecule has 1 aromatic heterocycles. The molecule has 1 aromatic carbocycles. The van der Waals surface area contributed by atoms with Gasteiger partial charge in [0.25, 0.3) is 0 Å². The third-order valence-electron chi connectivity index (χ3n) is 4.11. The maximum absolute atomic E-state index is 12.4. The molecule has 0 unspecified atom stereocenters. The van der Waals surface area contributed by atoms with Gasteiger partial charge >= 0.3 is 0 Å². The van der Waals surface area contributed by atoms with E-state index in [-0.39, 0.29) is 9.92 Å². The molecule has 1 aliphatic carbocycles. The summed E-state index contributed by atoms with van der Waals surface area (Å²) in [5.41, 5.74) is 1.49. The molecule has 5 nitrogen and oxygen atoms in total. The Balaban J connectivity index is 1.62. The first-order valence-electron chi connectivity index (χ1n) is 8.22. The van der Waals surface area contributed by atoms with Gasteiger partial charge in [-0.3, -0.25) is 0 Å². The van der Waals surface area contributed by atoms with Crippen LogP contribution in [0.1, 0.15) is 32.1 Å². The Bertz CT molecular complexity index is 800. The number of sulfone groups is 1. The number of rotatable bonds is 6. The van der Waals surface area contributed by atoms with Crippen molar-refractivity contribution in [3.05, 3.63) is 54.1 Å². The molecule has 0 bridgehead atoms. The lowest BCUT2D eigenvalue weighted by atomic mass is 9.97. The number of nitrogens with zero attached hydrogens (tertiary/aromatic N) is 2. The molecule has 0 atom stereocenters. The fourth-order valence-electron chi connectivity index (χ4n) is 2.76. The van der Waals surface area contributed by atoms with Gasteiger partial charge in [0.2, 0.25) is 9.84 Å². The van der Waals surface area contributed by atoms with Crippen molar-refractivity contribution in [2.45, 2.75) is 42.0 Å². The van der Waals surface area contributed by atoms with E-state index in [2.05, 4.69) is 21.6 Å². The van der Waals surface area contributed by atoms with E-state index in [4.69, 9.17) is 0 Å². The van der Waals surface area contributed by atoms with Crippen LogP contribution in [0.3, 0.4) is 0 Å². The molecule has 1 aliphatic rings. The summed E-state index contributed by atoms with van der Waals surface area (Å²) in [6, 6.07) is 11.4. The van der Waals surface area contributed by atoms with Crippen molar-refractivity contribution in [1.82, 2.24) is 10.2 Å². The number of benzene rings is 1. The van der Waals surface area contributed by atoms with Crippen LogP contribution in [0.2, 0.25) is 0 Å². The first-order valence-corrected chi connectivity index (χ1v) is 9.70. The SMILES string of the molecule is O=S(=O)(c1ccccc1)c1ccc(NCCC2=CCCCC2)nn1. The first kappa shape index (κ1) is 16.6. The molecule has 0 amide bonds. The van der Waals surface area contributed by atoms with Crippen molar-refractivity contribution in [2.24, 2.45) is 0 Å². The minimum absolute atomic E-state index is 0.0331. The molecule has 0 fully saturated rings. The number of hydrogen-bond acceptors (Lipinski definition) is 5. The van der Waals surface area contributed by atoms with E-state index in [1.807, 2.05) is 0 Å². The van der Waals surface area contributed by atoms with Gasteiger partial charge in [-0.25, -0.2) is 8.42 Å². The van der Waals surface area contributed by atoms with E-state index in [0.29, 0.717) is 5.82 Å². The van der Waals surface area contributed by atoms with Crippen LogP contribution in [-0.4, -0.2) is 25.2 Å². The largest absolute Gasteiger partial charge is 0.368 e. The summed E-state index contributed by atoms with van der Waals surface area (Å²) in [4.78, 5) is 0.226. The van der Waals surface area contributed by atoms with Crippen LogP contribution < -0.4 is 5.32 Å². The molecule has 2 aromatic rings. The number of allylic oxidation sites excluding steroid dienone is 1. The topological polar surface area (TPSA) is 72.0 Å². The van der Waals surface area contributed by atoms with Crippen LogP contribution in [0.5, 0.6) is 0 Å². The third-order valence-corrected chi connectivity index (χ3v) is 5.77. The molecule has 1 N–H and O–H groups in total. The fraction of sp³-hybridized carbons (Fsp3) is 0.333. The predicted molar refractivity (Wildman–Crippen MR) is 93.6 cm³/mol. The van der Waals surface area contributed by atoms with E-state index in [0.717, 1.165) is 13.0 Å². The molecular weight excluding hydrogens is 322 g/mol. The highest BCUT2D eigenvalue weighted by molar-refractivity contribution is 7.91. The zero-order valence-electron chi connectivity index (χ0n) is 13.5. The Labute approximate surface area is 142 Å². The summed E-state index contributed by atoms with van der Waals surface area (Å²) in [5.74, 6) is 0.596. The second kappa shape index (κ2) is 7.57. The van der Waals surface area contributed by atoms with Crippen molar-refractivity contribution in [1.29, 1.82) is 0 Å². The van der Waals surface area contributed by atoms with Crippen molar-refractivity contribution in [3.8, 4) is 0 Å². The smallest absolute Gasteiger partial charge is 0.225 e. The lowest BCUT2D eigenvalue weighted by Crippen LogP contribution is -2.09. The van der Waals surface area contributed by atoms with E-state index in [9.17, 15) is 8.42 Å². The fourth-order valence-corrected chi connectivity index (χ4v) is 3.91. The third kappa shape index (κ3) is 4.00.